The molecule has 0 saturated heterocycles. The van der Waals surface area contributed by atoms with Crippen LogP contribution in [0.2, 0.25) is 10.0 Å². The zero-order valence-electron chi connectivity index (χ0n) is 17.0. The maximum atomic E-state index is 12.3. The van der Waals surface area contributed by atoms with E-state index in [1.54, 1.807) is 16.7 Å². The standard InChI is InChI=1S/C20H25Cl2N5O2S/c1-12-5-3-4-6-16(12)24-18(28)11-30-20-26-25-17(27(20)2)10-23-19(29)13-7-8-14(21)15(22)9-13/h7-9,12,16H,3-6,10-11H2,1-2H3,(H,23,29)(H,24,28)/t12-,16-/m1/s1. The number of carbonyl (C=O) groups excluding carboxylic acids is 2. The van der Waals surface area contributed by atoms with Crippen LogP contribution in [0.25, 0.3) is 0 Å². The van der Waals surface area contributed by atoms with Gasteiger partial charge in [0.15, 0.2) is 11.0 Å². The number of amides is 2. The normalized spacial score (nSPS) is 18.8. The van der Waals surface area contributed by atoms with Crippen molar-refractivity contribution in [3.05, 3.63) is 39.6 Å². The molecule has 1 aliphatic rings. The Morgan fingerprint density at radius 1 is 1.20 bits per heavy atom. The number of nitrogens with one attached hydrogen (secondary N) is 2. The van der Waals surface area contributed by atoms with E-state index in [-0.39, 0.29) is 30.2 Å². The van der Waals surface area contributed by atoms with Crippen molar-refractivity contribution in [1.82, 2.24) is 25.4 Å². The van der Waals surface area contributed by atoms with Gasteiger partial charge >= 0.3 is 0 Å². The highest BCUT2D eigenvalue weighted by atomic mass is 35.5. The van der Waals surface area contributed by atoms with Crippen molar-refractivity contribution in [2.24, 2.45) is 13.0 Å². The fraction of sp³-hybridized carbons (Fsp3) is 0.500. The Kier molecular flexibility index (Phi) is 8.02. The average molecular weight is 470 g/mol. The second-order valence-corrected chi connectivity index (χ2v) is 9.25. The van der Waals surface area contributed by atoms with Crippen LogP contribution in [-0.2, 0) is 18.4 Å². The second-order valence-electron chi connectivity index (χ2n) is 7.49. The average Bonchev–Trinajstić information content (AvgIpc) is 3.08. The van der Waals surface area contributed by atoms with E-state index in [0.29, 0.717) is 32.5 Å². The highest BCUT2D eigenvalue weighted by molar-refractivity contribution is 7.99. The van der Waals surface area contributed by atoms with E-state index in [0.717, 1.165) is 6.42 Å². The first-order chi connectivity index (χ1) is 14.3. The number of aromatic nitrogens is 3. The quantitative estimate of drug-likeness (QED) is 0.601. The van der Waals surface area contributed by atoms with E-state index in [2.05, 4.69) is 27.8 Å². The Morgan fingerprint density at radius 2 is 1.97 bits per heavy atom. The molecule has 2 aromatic rings. The third-order valence-electron chi connectivity index (χ3n) is 5.30. The van der Waals surface area contributed by atoms with E-state index in [1.165, 1.54) is 37.1 Å². The van der Waals surface area contributed by atoms with E-state index < -0.39 is 0 Å². The molecule has 1 aromatic carbocycles. The summed E-state index contributed by atoms with van der Waals surface area (Å²) in [5.74, 6) is 1.12. The van der Waals surface area contributed by atoms with Crippen molar-refractivity contribution in [2.75, 3.05) is 5.75 Å². The Labute approximate surface area is 190 Å². The summed E-state index contributed by atoms with van der Waals surface area (Å²) in [6, 6.07) is 4.96. The monoisotopic (exact) mass is 469 g/mol. The zero-order valence-corrected chi connectivity index (χ0v) is 19.3. The molecule has 1 aliphatic carbocycles. The summed E-state index contributed by atoms with van der Waals surface area (Å²) in [7, 11) is 1.81. The molecule has 3 rings (SSSR count). The number of thioether (sulfide) groups is 1. The molecular weight excluding hydrogens is 445 g/mol. The van der Waals surface area contributed by atoms with Crippen molar-refractivity contribution in [3.63, 3.8) is 0 Å². The molecule has 0 aliphatic heterocycles. The van der Waals surface area contributed by atoms with Gasteiger partial charge in [-0.2, -0.15) is 0 Å². The van der Waals surface area contributed by atoms with Crippen molar-refractivity contribution in [1.29, 1.82) is 0 Å². The fourth-order valence-electron chi connectivity index (χ4n) is 3.43. The Hall–Kier alpha value is -1.77. The lowest BCUT2D eigenvalue weighted by atomic mass is 9.86. The third kappa shape index (κ3) is 5.89. The number of rotatable bonds is 7. The minimum atomic E-state index is -0.285. The third-order valence-corrected chi connectivity index (χ3v) is 7.06. The summed E-state index contributed by atoms with van der Waals surface area (Å²) in [5.41, 5.74) is 0.412. The molecule has 1 fully saturated rings. The molecule has 162 valence electrons. The van der Waals surface area contributed by atoms with Gasteiger partial charge in [0.25, 0.3) is 5.91 Å². The molecule has 1 aromatic heterocycles. The van der Waals surface area contributed by atoms with Gasteiger partial charge in [-0.3, -0.25) is 9.59 Å². The van der Waals surface area contributed by atoms with E-state index in [9.17, 15) is 9.59 Å². The van der Waals surface area contributed by atoms with Gasteiger partial charge in [0.2, 0.25) is 5.91 Å². The van der Waals surface area contributed by atoms with E-state index in [1.807, 2.05) is 7.05 Å². The summed E-state index contributed by atoms with van der Waals surface area (Å²) in [4.78, 5) is 24.6. The van der Waals surface area contributed by atoms with Crippen LogP contribution >= 0.6 is 35.0 Å². The highest BCUT2D eigenvalue weighted by Crippen LogP contribution is 2.24. The predicted octanol–water partition coefficient (Wildman–Crippen LogP) is 3.84. The molecule has 2 N–H and O–H groups in total. The van der Waals surface area contributed by atoms with Gasteiger partial charge in [0.1, 0.15) is 0 Å². The molecule has 1 saturated carbocycles. The Bertz CT molecular complexity index is 921. The van der Waals surface area contributed by atoms with Crippen LogP contribution in [0, 0.1) is 5.92 Å². The Morgan fingerprint density at radius 3 is 2.70 bits per heavy atom. The van der Waals surface area contributed by atoms with Crippen molar-refractivity contribution >= 4 is 46.8 Å². The summed E-state index contributed by atoms with van der Waals surface area (Å²) >= 11 is 13.2. The molecular formula is C20H25Cl2N5O2S. The molecule has 0 radical (unpaired) electrons. The zero-order chi connectivity index (χ0) is 21.7. The second kappa shape index (κ2) is 10.5. The number of carbonyl (C=O) groups is 2. The predicted molar refractivity (Wildman–Crippen MR) is 119 cm³/mol. The van der Waals surface area contributed by atoms with Crippen molar-refractivity contribution in [3.8, 4) is 0 Å². The fourth-order valence-corrected chi connectivity index (χ4v) is 4.47. The highest BCUT2D eigenvalue weighted by Gasteiger charge is 2.23. The van der Waals surface area contributed by atoms with Crippen molar-refractivity contribution in [2.45, 2.75) is 50.4 Å². The van der Waals surface area contributed by atoms with Crippen LogP contribution in [-0.4, -0.2) is 38.4 Å². The minimum Gasteiger partial charge on any atom is -0.352 e. The molecule has 30 heavy (non-hydrogen) atoms. The van der Waals surface area contributed by atoms with Gasteiger partial charge < -0.3 is 15.2 Å². The number of benzene rings is 1. The van der Waals surface area contributed by atoms with Crippen molar-refractivity contribution < 1.29 is 9.59 Å². The smallest absolute Gasteiger partial charge is 0.251 e. The van der Waals surface area contributed by atoms with Gasteiger partial charge in [0, 0.05) is 18.7 Å². The molecule has 2 atom stereocenters. The van der Waals surface area contributed by atoms with Crippen LogP contribution in [0.4, 0.5) is 0 Å². The summed E-state index contributed by atoms with van der Waals surface area (Å²) in [6.07, 6.45) is 4.62. The van der Waals surface area contributed by atoms with Crippen LogP contribution in [0.3, 0.4) is 0 Å². The topological polar surface area (TPSA) is 88.9 Å². The molecule has 0 spiro atoms. The first kappa shape index (κ1) is 22.9. The van der Waals surface area contributed by atoms with Gasteiger partial charge in [0.05, 0.1) is 22.3 Å². The maximum absolute atomic E-state index is 12.3. The van der Waals surface area contributed by atoms with Crippen LogP contribution in [0.5, 0.6) is 0 Å². The van der Waals surface area contributed by atoms with Gasteiger partial charge in [-0.1, -0.05) is 54.7 Å². The molecule has 0 bridgehead atoms. The number of hydrogen-bond donors (Lipinski definition) is 2. The molecule has 7 nitrogen and oxygen atoms in total. The number of hydrogen-bond acceptors (Lipinski definition) is 5. The first-order valence-electron chi connectivity index (χ1n) is 9.89. The number of nitrogens with zero attached hydrogens (tertiary/aromatic N) is 3. The van der Waals surface area contributed by atoms with Crippen LogP contribution in [0.15, 0.2) is 23.4 Å². The Balaban J connectivity index is 1.49. The van der Waals surface area contributed by atoms with E-state index >= 15 is 0 Å². The lowest BCUT2D eigenvalue weighted by Gasteiger charge is -2.29. The van der Waals surface area contributed by atoms with Crippen LogP contribution in [0.1, 0.15) is 48.8 Å². The summed E-state index contributed by atoms with van der Waals surface area (Å²) in [6.45, 7) is 2.40. The van der Waals surface area contributed by atoms with Gasteiger partial charge in [-0.25, -0.2) is 0 Å². The molecule has 0 unspecified atom stereocenters. The van der Waals surface area contributed by atoms with Gasteiger partial charge in [-0.05, 0) is 37.0 Å². The molecule has 1 heterocycles. The lowest BCUT2D eigenvalue weighted by molar-refractivity contribution is -0.119. The minimum absolute atomic E-state index is 0.0104. The summed E-state index contributed by atoms with van der Waals surface area (Å²) < 4.78 is 1.77. The largest absolute Gasteiger partial charge is 0.352 e. The van der Waals surface area contributed by atoms with Gasteiger partial charge in [-0.15, -0.1) is 10.2 Å². The number of halogens is 2. The summed E-state index contributed by atoms with van der Waals surface area (Å²) in [5, 5.41) is 15.5. The molecule has 10 heteroatoms. The van der Waals surface area contributed by atoms with E-state index in [4.69, 9.17) is 23.2 Å². The first-order valence-corrected chi connectivity index (χ1v) is 11.6. The molecule has 2 amide bonds. The van der Waals surface area contributed by atoms with Crippen LogP contribution < -0.4 is 10.6 Å². The maximum Gasteiger partial charge on any atom is 0.251 e. The lowest BCUT2D eigenvalue weighted by Crippen LogP contribution is -2.41. The SMILES string of the molecule is C[C@@H]1CCCC[C@H]1NC(=O)CSc1nnc(CNC(=O)c2ccc(Cl)c(Cl)c2)n1C.